The van der Waals surface area contributed by atoms with E-state index in [0.717, 1.165) is 56.3 Å². The molecule has 51 heavy (non-hydrogen) atoms. The van der Waals surface area contributed by atoms with E-state index in [1.165, 1.54) is 11.0 Å². The summed E-state index contributed by atoms with van der Waals surface area (Å²) in [7, 11) is 2.10. The van der Waals surface area contributed by atoms with Gasteiger partial charge >= 0.3 is 18.3 Å². The summed E-state index contributed by atoms with van der Waals surface area (Å²) in [4.78, 5) is 50.3. The minimum atomic E-state index is -4.76. The van der Waals surface area contributed by atoms with Crippen molar-refractivity contribution in [2.75, 3.05) is 77.0 Å². The summed E-state index contributed by atoms with van der Waals surface area (Å²) in [6.07, 6.45) is -3.90. The lowest BCUT2D eigenvalue weighted by Crippen LogP contribution is -2.54. The van der Waals surface area contributed by atoms with Crippen LogP contribution in [0.2, 0.25) is 5.02 Å². The summed E-state index contributed by atoms with van der Waals surface area (Å²) < 4.78 is 47.3. The molecule has 11 nitrogen and oxygen atoms in total. The number of piperidine rings is 2. The van der Waals surface area contributed by atoms with Gasteiger partial charge in [-0.1, -0.05) is 29.8 Å². The number of benzene rings is 2. The fourth-order valence-electron chi connectivity index (χ4n) is 7.56. The zero-order chi connectivity index (χ0) is 35.6. The van der Waals surface area contributed by atoms with E-state index in [4.69, 9.17) is 22.1 Å². The predicted molar refractivity (Wildman–Crippen MR) is 194 cm³/mol. The van der Waals surface area contributed by atoms with Gasteiger partial charge in [0, 0.05) is 83.1 Å². The van der Waals surface area contributed by atoms with Crippen LogP contribution in [-0.2, 0) is 28.5 Å². The molecule has 3 saturated heterocycles. The number of carbonyl (C=O) groups is 3. The zero-order valence-corrected chi connectivity index (χ0v) is 31.1. The van der Waals surface area contributed by atoms with Crippen LogP contribution in [0.4, 0.5) is 34.1 Å². The summed E-state index contributed by atoms with van der Waals surface area (Å²) in [6, 6.07) is 9.91. The molecule has 2 aromatic carbocycles. The minimum absolute atomic E-state index is 0. The number of nitrogens with two attached hydrogens (primary N) is 1. The zero-order valence-electron chi connectivity index (χ0n) is 28.7. The van der Waals surface area contributed by atoms with Gasteiger partial charge in [0.25, 0.3) is 5.91 Å². The van der Waals surface area contributed by atoms with Gasteiger partial charge in [-0.3, -0.25) is 9.69 Å². The van der Waals surface area contributed by atoms with Gasteiger partial charge in [-0.15, -0.1) is 17.0 Å². The van der Waals surface area contributed by atoms with Crippen molar-refractivity contribution in [3.05, 3.63) is 58.1 Å². The second-order valence-electron chi connectivity index (χ2n) is 13.8. The first-order chi connectivity index (χ1) is 23.9. The number of halogens is 5. The SMILES string of the molecule is Br.CN1CCN(C2CCN(C(=O)[C@@H](Cc3cc(Cl)c(N)c(C(F)(F)F)c3)OC(=O)N3CCC(N4CCc5ccccc5NC4=O)CC3)CC2)CC1. The first kappa shape index (κ1) is 38.9. The Labute approximate surface area is 311 Å². The average Bonchev–Trinajstić information content (AvgIpc) is 3.27. The van der Waals surface area contributed by atoms with Gasteiger partial charge in [0.1, 0.15) is 0 Å². The van der Waals surface area contributed by atoms with Crippen molar-refractivity contribution in [3.8, 4) is 0 Å². The number of nitrogens with zero attached hydrogens (tertiary/aromatic N) is 5. The standard InChI is InChI=1S/C35H45ClF3N7O4.BrH/c1-42-16-18-43(19-17-42)25-7-11-44(12-8-25)32(47)30(22-23-20-27(35(37,38)39)31(40)28(36)21-23)50-34(49)45-13-9-26(10-14-45)46-15-6-24-4-2-3-5-29(24)41-33(46)48;/h2-5,20-21,25-26,30H,6-19,22,40H2,1H3,(H,41,48);1H/t30-;/m1./s1. The molecule has 0 spiro atoms. The van der Waals surface area contributed by atoms with Gasteiger partial charge in [-0.25, -0.2) is 9.59 Å². The molecule has 2 aromatic rings. The number of hydrogen-bond acceptors (Lipinski definition) is 7. The number of likely N-dealkylation sites (tertiary alicyclic amines) is 2. The van der Waals surface area contributed by atoms with Crippen molar-refractivity contribution in [1.82, 2.24) is 24.5 Å². The third kappa shape index (κ3) is 9.21. The molecule has 0 unspecified atom stereocenters. The van der Waals surface area contributed by atoms with Crippen LogP contribution in [0.1, 0.15) is 42.4 Å². The third-order valence-corrected chi connectivity index (χ3v) is 10.9. The lowest BCUT2D eigenvalue weighted by molar-refractivity contribution is -0.142. The predicted octanol–water partition coefficient (Wildman–Crippen LogP) is 5.36. The van der Waals surface area contributed by atoms with Crippen LogP contribution in [-0.4, -0.2) is 127 Å². The highest BCUT2D eigenvalue weighted by Crippen LogP contribution is 2.38. The van der Waals surface area contributed by atoms with Crippen LogP contribution >= 0.6 is 28.6 Å². The quantitative estimate of drug-likeness (QED) is 0.379. The van der Waals surface area contributed by atoms with E-state index in [-0.39, 0.29) is 46.1 Å². The number of fused-ring (bicyclic) bond motifs is 1. The number of rotatable bonds is 6. The average molecular weight is 801 g/mol. The number of urea groups is 1. The van der Waals surface area contributed by atoms with Gasteiger partial charge in [0.05, 0.1) is 16.3 Å². The van der Waals surface area contributed by atoms with Crippen molar-refractivity contribution in [2.45, 2.75) is 62.9 Å². The van der Waals surface area contributed by atoms with E-state index in [9.17, 15) is 27.6 Å². The smallest absolute Gasteiger partial charge is 0.418 e. The van der Waals surface area contributed by atoms with E-state index < -0.39 is 35.5 Å². The Kier molecular flexibility index (Phi) is 12.7. The van der Waals surface area contributed by atoms with Crippen molar-refractivity contribution in [1.29, 1.82) is 0 Å². The molecule has 4 heterocycles. The van der Waals surface area contributed by atoms with Crippen molar-refractivity contribution >= 4 is 58.0 Å². The van der Waals surface area contributed by atoms with E-state index in [2.05, 4.69) is 22.2 Å². The Morgan fingerprint density at radius 2 is 1.57 bits per heavy atom. The normalized spacial score (nSPS) is 20.6. The summed E-state index contributed by atoms with van der Waals surface area (Å²) in [6.45, 7) is 5.93. The highest BCUT2D eigenvalue weighted by Gasteiger charge is 2.38. The fourth-order valence-corrected chi connectivity index (χ4v) is 7.80. The number of alkyl halides is 3. The number of nitrogen functional groups attached to an aromatic ring is 1. The summed E-state index contributed by atoms with van der Waals surface area (Å²) in [5.41, 5.74) is 5.90. The van der Waals surface area contributed by atoms with Crippen LogP contribution < -0.4 is 11.1 Å². The largest absolute Gasteiger partial charge is 0.436 e. The second-order valence-corrected chi connectivity index (χ2v) is 14.2. The van der Waals surface area contributed by atoms with E-state index in [1.807, 2.05) is 29.2 Å². The first-order valence-corrected chi connectivity index (χ1v) is 17.7. The number of likely N-dealkylation sites (N-methyl/N-ethyl adjacent to an activating group) is 1. The maximum absolute atomic E-state index is 14.0. The van der Waals surface area contributed by atoms with E-state index in [1.54, 1.807) is 4.90 Å². The Morgan fingerprint density at radius 1 is 0.941 bits per heavy atom. The second kappa shape index (κ2) is 16.6. The van der Waals surface area contributed by atoms with E-state index in [0.29, 0.717) is 58.0 Å². The van der Waals surface area contributed by atoms with Crippen LogP contribution in [0.3, 0.4) is 0 Å². The van der Waals surface area contributed by atoms with Gasteiger partial charge in [-0.2, -0.15) is 13.2 Å². The van der Waals surface area contributed by atoms with Crippen molar-refractivity contribution in [3.63, 3.8) is 0 Å². The number of hydrogen-bond donors (Lipinski definition) is 2. The minimum Gasteiger partial charge on any atom is -0.436 e. The number of para-hydroxylation sites is 1. The Bertz CT molecular complexity index is 1560. The van der Waals surface area contributed by atoms with Crippen molar-refractivity contribution < 1.29 is 32.3 Å². The molecule has 4 aliphatic heterocycles. The Morgan fingerprint density at radius 3 is 2.24 bits per heavy atom. The molecule has 280 valence electrons. The van der Waals surface area contributed by atoms with Gasteiger partial charge in [-0.05, 0) is 68.5 Å². The van der Waals surface area contributed by atoms with Gasteiger partial charge < -0.3 is 35.4 Å². The van der Waals surface area contributed by atoms with Crippen LogP contribution in [0.25, 0.3) is 0 Å². The molecule has 0 saturated carbocycles. The topological polar surface area (TPSA) is 115 Å². The molecule has 3 N–H and O–H groups in total. The van der Waals surface area contributed by atoms with Crippen molar-refractivity contribution in [2.24, 2.45) is 0 Å². The molecule has 16 heteroatoms. The maximum Gasteiger partial charge on any atom is 0.418 e. The lowest BCUT2D eigenvalue weighted by Gasteiger charge is -2.42. The summed E-state index contributed by atoms with van der Waals surface area (Å²) in [5.74, 6) is -0.452. The molecule has 4 aliphatic rings. The van der Waals surface area contributed by atoms with Crippen LogP contribution in [0, 0.1) is 0 Å². The molecule has 0 aromatic heterocycles. The highest BCUT2D eigenvalue weighted by molar-refractivity contribution is 8.93. The molecule has 0 aliphatic carbocycles. The molecular weight excluding hydrogens is 755 g/mol. The van der Waals surface area contributed by atoms with Gasteiger partial charge in [0.2, 0.25) is 0 Å². The highest BCUT2D eigenvalue weighted by atomic mass is 79.9. The maximum atomic E-state index is 14.0. The number of carbonyl (C=O) groups excluding carboxylic acids is 3. The summed E-state index contributed by atoms with van der Waals surface area (Å²) >= 11 is 6.11. The third-order valence-electron chi connectivity index (χ3n) is 10.6. The Hall–Kier alpha value is -3.27. The monoisotopic (exact) mass is 799 g/mol. The molecule has 1 atom stereocenters. The molecule has 6 rings (SSSR count). The molecular formula is C35H46BrClF3N7O4. The lowest BCUT2D eigenvalue weighted by atomic mass is 9.99. The number of anilines is 2. The number of nitrogens with one attached hydrogen (secondary N) is 1. The number of ether oxygens (including phenoxy) is 1. The molecule has 0 bridgehead atoms. The molecule has 4 amide bonds. The van der Waals surface area contributed by atoms with E-state index >= 15 is 0 Å². The van der Waals surface area contributed by atoms with Crippen LogP contribution in [0.15, 0.2) is 36.4 Å². The number of piperazine rings is 1. The summed E-state index contributed by atoms with van der Waals surface area (Å²) in [5, 5.41) is 2.70. The number of amides is 4. The molecule has 3 fully saturated rings. The van der Waals surface area contributed by atoms with Crippen LogP contribution in [0.5, 0.6) is 0 Å². The first-order valence-electron chi connectivity index (χ1n) is 17.3. The Balaban J connectivity index is 0.00000504. The fraction of sp³-hybridized carbons (Fsp3) is 0.571. The van der Waals surface area contributed by atoms with Gasteiger partial charge in [0.15, 0.2) is 6.10 Å². The molecule has 0 radical (unpaired) electrons.